The SMILES string of the molecule is C[C@]12CC[C@@H](O)C(Cl)=C1CC[C@@H]1[C@@H]2CC[C@]2(C)C(=O)CC[C@@H]12. The molecule has 0 aliphatic heterocycles. The number of allylic oxidation sites excluding steroid dienone is 1. The van der Waals surface area contributed by atoms with Crippen molar-refractivity contribution < 1.29 is 9.90 Å². The molecule has 0 saturated heterocycles. The predicted molar refractivity (Wildman–Crippen MR) is 87.5 cm³/mol. The Kier molecular flexibility index (Phi) is 3.34. The van der Waals surface area contributed by atoms with Crippen molar-refractivity contribution in [2.24, 2.45) is 28.6 Å². The molecule has 6 atom stereocenters. The molecule has 3 heteroatoms. The molecule has 3 fully saturated rings. The summed E-state index contributed by atoms with van der Waals surface area (Å²) < 4.78 is 0. The van der Waals surface area contributed by atoms with Crippen LogP contribution in [0.15, 0.2) is 10.6 Å². The number of fused-ring (bicyclic) bond motifs is 5. The van der Waals surface area contributed by atoms with Crippen LogP contribution in [-0.4, -0.2) is 17.0 Å². The van der Waals surface area contributed by atoms with Gasteiger partial charge < -0.3 is 5.11 Å². The van der Waals surface area contributed by atoms with Gasteiger partial charge in [0.25, 0.3) is 0 Å². The number of carbonyl (C=O) groups excluding carboxylic acids is 1. The Labute approximate surface area is 138 Å². The van der Waals surface area contributed by atoms with E-state index in [1.54, 1.807) is 0 Å². The lowest BCUT2D eigenvalue weighted by atomic mass is 9.47. The molecule has 0 radical (unpaired) electrons. The molecule has 0 aromatic rings. The number of aliphatic hydroxyl groups excluding tert-OH is 1. The lowest BCUT2D eigenvalue weighted by Gasteiger charge is -2.57. The van der Waals surface area contributed by atoms with E-state index in [1.165, 1.54) is 5.57 Å². The van der Waals surface area contributed by atoms with Gasteiger partial charge in [0.1, 0.15) is 5.78 Å². The normalized spacial score (nSPS) is 51.4. The van der Waals surface area contributed by atoms with E-state index in [-0.39, 0.29) is 10.8 Å². The van der Waals surface area contributed by atoms with Crippen LogP contribution in [0.25, 0.3) is 0 Å². The average Bonchev–Trinajstić information content (AvgIpc) is 2.79. The molecule has 0 amide bonds. The van der Waals surface area contributed by atoms with E-state index >= 15 is 0 Å². The minimum Gasteiger partial charge on any atom is -0.388 e. The van der Waals surface area contributed by atoms with Gasteiger partial charge in [-0.25, -0.2) is 0 Å². The molecule has 0 aromatic carbocycles. The van der Waals surface area contributed by atoms with Crippen LogP contribution in [0.1, 0.15) is 65.2 Å². The molecular weight excluding hydrogens is 296 g/mol. The van der Waals surface area contributed by atoms with E-state index in [9.17, 15) is 9.90 Å². The molecule has 4 aliphatic rings. The number of Topliss-reactive ketones (excluding diaryl/α,β-unsaturated/α-hetero) is 1. The summed E-state index contributed by atoms with van der Waals surface area (Å²) >= 11 is 6.50. The standard InChI is InChI=1S/C19H27ClO2/c1-18-10-8-15(21)17(20)14(18)4-3-11-12-5-6-16(22)19(12,2)9-7-13(11)18/h11-13,15,21H,3-10H2,1-2H3/t11-,12-,13-,15+,18+,19-/m0/s1. The lowest BCUT2D eigenvalue weighted by molar-refractivity contribution is -0.132. The number of carbonyl (C=O) groups is 1. The van der Waals surface area contributed by atoms with Gasteiger partial charge in [-0.2, -0.15) is 0 Å². The second-order valence-electron chi connectivity index (χ2n) is 8.63. The van der Waals surface area contributed by atoms with E-state index in [4.69, 9.17) is 11.6 Å². The van der Waals surface area contributed by atoms with Gasteiger partial charge in [0.15, 0.2) is 0 Å². The predicted octanol–water partition coefficient (Wildman–Crippen LogP) is 4.45. The molecule has 0 unspecified atom stereocenters. The molecule has 1 N–H and O–H groups in total. The van der Waals surface area contributed by atoms with Gasteiger partial charge in [0, 0.05) is 16.9 Å². The smallest absolute Gasteiger partial charge is 0.139 e. The Hall–Kier alpha value is -0.340. The number of hydrogen-bond donors (Lipinski definition) is 1. The third-order valence-electron chi connectivity index (χ3n) is 7.90. The fourth-order valence-corrected chi connectivity index (χ4v) is 6.98. The summed E-state index contributed by atoms with van der Waals surface area (Å²) in [6.07, 6.45) is 7.69. The van der Waals surface area contributed by atoms with Crippen LogP contribution in [0, 0.1) is 28.6 Å². The molecule has 3 saturated carbocycles. The molecule has 122 valence electrons. The summed E-state index contributed by atoms with van der Waals surface area (Å²) in [5.41, 5.74) is 1.45. The zero-order valence-corrected chi connectivity index (χ0v) is 14.5. The summed E-state index contributed by atoms with van der Waals surface area (Å²) in [4.78, 5) is 12.4. The summed E-state index contributed by atoms with van der Waals surface area (Å²) in [5, 5.41) is 10.9. The quantitative estimate of drug-likeness (QED) is 0.715. The monoisotopic (exact) mass is 322 g/mol. The Bertz CT molecular complexity index is 554. The van der Waals surface area contributed by atoms with Crippen molar-refractivity contribution >= 4 is 17.4 Å². The van der Waals surface area contributed by atoms with Crippen LogP contribution >= 0.6 is 11.6 Å². The van der Waals surface area contributed by atoms with Crippen molar-refractivity contribution in [3.05, 3.63) is 10.6 Å². The van der Waals surface area contributed by atoms with E-state index in [0.717, 1.165) is 56.4 Å². The van der Waals surface area contributed by atoms with E-state index < -0.39 is 6.10 Å². The maximum absolute atomic E-state index is 12.4. The fourth-order valence-electron chi connectivity index (χ4n) is 6.57. The largest absolute Gasteiger partial charge is 0.388 e. The third-order valence-corrected chi connectivity index (χ3v) is 8.38. The van der Waals surface area contributed by atoms with E-state index in [0.29, 0.717) is 23.5 Å². The summed E-state index contributed by atoms with van der Waals surface area (Å²) in [7, 11) is 0. The molecule has 0 aromatic heterocycles. The molecule has 0 heterocycles. The molecule has 0 spiro atoms. The molecule has 22 heavy (non-hydrogen) atoms. The highest BCUT2D eigenvalue weighted by Crippen LogP contribution is 2.65. The second-order valence-corrected chi connectivity index (χ2v) is 9.04. The molecule has 0 bridgehead atoms. The van der Waals surface area contributed by atoms with Gasteiger partial charge in [0.2, 0.25) is 0 Å². The van der Waals surface area contributed by atoms with Crippen LogP contribution in [0.5, 0.6) is 0 Å². The van der Waals surface area contributed by atoms with Crippen LogP contribution in [-0.2, 0) is 4.79 Å². The van der Waals surface area contributed by atoms with Gasteiger partial charge in [-0.05, 0) is 73.7 Å². The van der Waals surface area contributed by atoms with E-state index in [1.807, 2.05) is 0 Å². The Morgan fingerprint density at radius 2 is 1.68 bits per heavy atom. The Morgan fingerprint density at radius 1 is 1.00 bits per heavy atom. The summed E-state index contributed by atoms with van der Waals surface area (Å²) in [5.74, 6) is 2.43. The number of hydrogen-bond acceptors (Lipinski definition) is 2. The highest BCUT2D eigenvalue weighted by molar-refractivity contribution is 6.30. The van der Waals surface area contributed by atoms with Crippen molar-refractivity contribution in [1.29, 1.82) is 0 Å². The molecule has 4 aliphatic carbocycles. The second kappa shape index (κ2) is 4.83. The van der Waals surface area contributed by atoms with Crippen LogP contribution in [0.4, 0.5) is 0 Å². The number of rotatable bonds is 0. The molecule has 4 rings (SSSR count). The minimum atomic E-state index is -0.441. The Balaban J connectivity index is 1.72. The average molecular weight is 323 g/mol. The maximum Gasteiger partial charge on any atom is 0.139 e. The van der Waals surface area contributed by atoms with Crippen LogP contribution in [0.3, 0.4) is 0 Å². The Morgan fingerprint density at radius 3 is 2.45 bits per heavy atom. The number of aliphatic hydroxyl groups is 1. The fraction of sp³-hybridized carbons (Fsp3) is 0.842. The van der Waals surface area contributed by atoms with Crippen molar-refractivity contribution in [2.45, 2.75) is 71.3 Å². The lowest BCUT2D eigenvalue weighted by Crippen LogP contribution is -2.51. The maximum atomic E-state index is 12.4. The molecule has 2 nitrogen and oxygen atoms in total. The van der Waals surface area contributed by atoms with Crippen molar-refractivity contribution in [3.8, 4) is 0 Å². The summed E-state index contributed by atoms with van der Waals surface area (Å²) in [6.45, 7) is 4.61. The van der Waals surface area contributed by atoms with Crippen LogP contribution in [0.2, 0.25) is 0 Å². The topological polar surface area (TPSA) is 37.3 Å². The van der Waals surface area contributed by atoms with Gasteiger partial charge in [-0.3, -0.25) is 4.79 Å². The molecular formula is C19H27ClO2. The highest BCUT2D eigenvalue weighted by Gasteiger charge is 2.59. The van der Waals surface area contributed by atoms with Gasteiger partial charge >= 0.3 is 0 Å². The number of ketones is 1. The van der Waals surface area contributed by atoms with Gasteiger partial charge in [-0.1, -0.05) is 25.4 Å². The van der Waals surface area contributed by atoms with E-state index in [2.05, 4.69) is 13.8 Å². The first-order valence-corrected chi connectivity index (χ1v) is 9.36. The first-order valence-electron chi connectivity index (χ1n) is 8.98. The van der Waals surface area contributed by atoms with Gasteiger partial charge in [0.05, 0.1) is 6.10 Å². The highest BCUT2D eigenvalue weighted by atomic mass is 35.5. The summed E-state index contributed by atoms with van der Waals surface area (Å²) in [6, 6.07) is 0. The number of halogens is 1. The van der Waals surface area contributed by atoms with Crippen molar-refractivity contribution in [1.82, 2.24) is 0 Å². The zero-order valence-electron chi connectivity index (χ0n) is 13.7. The third kappa shape index (κ3) is 1.80. The first-order chi connectivity index (χ1) is 10.4. The minimum absolute atomic E-state index is 0.0449. The van der Waals surface area contributed by atoms with Gasteiger partial charge in [-0.15, -0.1) is 0 Å². The van der Waals surface area contributed by atoms with Crippen molar-refractivity contribution in [3.63, 3.8) is 0 Å². The van der Waals surface area contributed by atoms with Crippen LogP contribution < -0.4 is 0 Å². The first kappa shape index (κ1) is 15.2. The van der Waals surface area contributed by atoms with Crippen molar-refractivity contribution in [2.75, 3.05) is 0 Å². The zero-order chi connectivity index (χ0) is 15.7.